The van der Waals surface area contributed by atoms with Crippen molar-refractivity contribution in [1.82, 2.24) is 10.2 Å². The van der Waals surface area contributed by atoms with Crippen LogP contribution in [0.3, 0.4) is 0 Å². The van der Waals surface area contributed by atoms with Gasteiger partial charge in [-0.1, -0.05) is 11.2 Å². The van der Waals surface area contributed by atoms with Gasteiger partial charge in [-0.15, -0.1) is 5.10 Å². The largest absolute Gasteiger partial charge is 0.493 e. The summed E-state index contributed by atoms with van der Waals surface area (Å²) in [5, 5.41) is 12.6. The molecule has 2 N–H and O–H groups in total. The lowest BCUT2D eigenvalue weighted by molar-refractivity contribution is 0.261. The van der Waals surface area contributed by atoms with Gasteiger partial charge in [-0.25, -0.2) is 4.79 Å². The van der Waals surface area contributed by atoms with Crippen LogP contribution < -0.4 is 20.1 Å². The molecule has 0 radical (unpaired) electrons. The average Bonchev–Trinajstić information content (AvgIpc) is 3.25. The number of benzene rings is 1. The van der Waals surface area contributed by atoms with E-state index in [1.165, 1.54) is 20.5 Å². The Balaban J connectivity index is 1.70. The van der Waals surface area contributed by atoms with Gasteiger partial charge in [-0.2, -0.15) is 0 Å². The standard InChI is InChI=1S/C15H14N4O5/c1-21-10-6-3-5-9(12(10)22-2)16-14(20)17-15-19-18-13(24-15)11-7-4-8-23-11/h3-8H,1-2H3,(H2,16,17,19,20). The third kappa shape index (κ3) is 3.14. The second-order valence-corrected chi connectivity index (χ2v) is 4.51. The molecule has 0 fully saturated rings. The molecule has 2 amide bonds. The number of aromatic nitrogens is 2. The first-order chi connectivity index (χ1) is 11.7. The molecule has 0 saturated heterocycles. The van der Waals surface area contributed by atoms with E-state index in [0.717, 1.165) is 0 Å². The van der Waals surface area contributed by atoms with Crippen LogP contribution in [0.5, 0.6) is 11.5 Å². The molecule has 2 heterocycles. The molecule has 0 spiro atoms. The van der Waals surface area contributed by atoms with Gasteiger partial charge in [0.1, 0.15) is 0 Å². The maximum atomic E-state index is 12.1. The first kappa shape index (κ1) is 15.4. The minimum Gasteiger partial charge on any atom is -0.493 e. The monoisotopic (exact) mass is 330 g/mol. The molecular formula is C15H14N4O5. The fourth-order valence-electron chi connectivity index (χ4n) is 2.01. The van der Waals surface area contributed by atoms with Gasteiger partial charge in [0, 0.05) is 0 Å². The summed E-state index contributed by atoms with van der Waals surface area (Å²) in [7, 11) is 2.99. The van der Waals surface area contributed by atoms with Crippen LogP contribution >= 0.6 is 0 Å². The Morgan fingerprint density at radius 3 is 2.67 bits per heavy atom. The van der Waals surface area contributed by atoms with Crippen molar-refractivity contribution in [2.24, 2.45) is 0 Å². The summed E-state index contributed by atoms with van der Waals surface area (Å²) in [4.78, 5) is 12.1. The molecule has 0 aliphatic heterocycles. The van der Waals surface area contributed by atoms with E-state index in [1.807, 2.05) is 0 Å². The van der Waals surface area contributed by atoms with Crippen LogP contribution in [-0.4, -0.2) is 30.4 Å². The third-order valence-corrected chi connectivity index (χ3v) is 3.03. The number of para-hydroxylation sites is 1. The topological polar surface area (TPSA) is 112 Å². The zero-order valence-corrected chi connectivity index (χ0v) is 12.9. The van der Waals surface area contributed by atoms with Crippen LogP contribution in [0.4, 0.5) is 16.5 Å². The number of furan rings is 1. The fourth-order valence-corrected chi connectivity index (χ4v) is 2.01. The van der Waals surface area contributed by atoms with E-state index < -0.39 is 6.03 Å². The zero-order chi connectivity index (χ0) is 16.9. The molecule has 1 aromatic carbocycles. The molecule has 24 heavy (non-hydrogen) atoms. The summed E-state index contributed by atoms with van der Waals surface area (Å²) in [5.41, 5.74) is 0.431. The predicted molar refractivity (Wildman–Crippen MR) is 84.2 cm³/mol. The zero-order valence-electron chi connectivity index (χ0n) is 12.9. The Hall–Kier alpha value is -3.49. The highest BCUT2D eigenvalue weighted by Crippen LogP contribution is 2.34. The number of hydrogen-bond donors (Lipinski definition) is 2. The number of methoxy groups -OCH3 is 2. The number of amides is 2. The Morgan fingerprint density at radius 1 is 1.08 bits per heavy atom. The van der Waals surface area contributed by atoms with Gasteiger partial charge in [0.2, 0.25) is 0 Å². The van der Waals surface area contributed by atoms with Crippen molar-refractivity contribution < 1.29 is 23.1 Å². The number of anilines is 2. The maximum absolute atomic E-state index is 12.1. The molecule has 3 aromatic rings. The number of carbonyl (C=O) groups is 1. The van der Waals surface area contributed by atoms with Crippen molar-refractivity contribution in [3.05, 3.63) is 36.6 Å². The van der Waals surface area contributed by atoms with Crippen LogP contribution in [-0.2, 0) is 0 Å². The lowest BCUT2D eigenvalue weighted by Crippen LogP contribution is -2.20. The molecule has 0 aliphatic carbocycles. The Labute approximate surface area is 136 Å². The summed E-state index contributed by atoms with van der Waals surface area (Å²) in [6.45, 7) is 0. The van der Waals surface area contributed by atoms with Crippen LogP contribution in [0.1, 0.15) is 0 Å². The second kappa shape index (κ2) is 6.73. The van der Waals surface area contributed by atoms with E-state index in [9.17, 15) is 4.79 Å². The van der Waals surface area contributed by atoms with E-state index >= 15 is 0 Å². The molecule has 0 atom stereocenters. The number of nitrogens with zero attached hydrogens (tertiary/aromatic N) is 2. The second-order valence-electron chi connectivity index (χ2n) is 4.51. The van der Waals surface area contributed by atoms with Crippen molar-refractivity contribution >= 4 is 17.7 Å². The average molecular weight is 330 g/mol. The molecule has 9 heteroatoms. The first-order valence-electron chi connectivity index (χ1n) is 6.87. The Morgan fingerprint density at radius 2 is 1.96 bits per heavy atom. The summed E-state index contributed by atoms with van der Waals surface area (Å²) in [6, 6.07) is 7.82. The van der Waals surface area contributed by atoms with E-state index in [4.69, 9.17) is 18.3 Å². The minimum absolute atomic E-state index is 0.0687. The molecule has 0 unspecified atom stereocenters. The molecule has 0 saturated carbocycles. The van der Waals surface area contributed by atoms with E-state index in [1.54, 1.807) is 30.3 Å². The Bertz CT molecular complexity index is 828. The lowest BCUT2D eigenvalue weighted by Gasteiger charge is -2.12. The summed E-state index contributed by atoms with van der Waals surface area (Å²) in [6.07, 6.45) is 1.48. The molecule has 2 aromatic heterocycles. The smallest absolute Gasteiger partial charge is 0.327 e. The number of carbonyl (C=O) groups excluding carboxylic acids is 1. The molecule has 0 aliphatic rings. The van der Waals surface area contributed by atoms with Crippen molar-refractivity contribution in [2.45, 2.75) is 0 Å². The number of nitrogens with one attached hydrogen (secondary N) is 2. The van der Waals surface area contributed by atoms with Gasteiger partial charge < -0.3 is 23.6 Å². The minimum atomic E-state index is -0.573. The summed E-state index contributed by atoms with van der Waals surface area (Å²) < 4.78 is 20.8. The van der Waals surface area contributed by atoms with Crippen molar-refractivity contribution in [3.8, 4) is 23.1 Å². The third-order valence-electron chi connectivity index (χ3n) is 3.03. The van der Waals surface area contributed by atoms with Crippen molar-refractivity contribution in [3.63, 3.8) is 0 Å². The number of urea groups is 1. The Kier molecular flexibility index (Phi) is 4.32. The van der Waals surface area contributed by atoms with Crippen LogP contribution in [0.25, 0.3) is 11.7 Å². The summed E-state index contributed by atoms with van der Waals surface area (Å²) >= 11 is 0. The van der Waals surface area contributed by atoms with E-state index in [-0.39, 0.29) is 11.9 Å². The maximum Gasteiger partial charge on any atom is 0.327 e. The highest BCUT2D eigenvalue weighted by molar-refractivity contribution is 5.99. The number of ether oxygens (including phenoxy) is 2. The van der Waals surface area contributed by atoms with Gasteiger partial charge in [-0.3, -0.25) is 5.32 Å². The van der Waals surface area contributed by atoms with Crippen molar-refractivity contribution in [2.75, 3.05) is 24.9 Å². The number of rotatable bonds is 5. The molecular weight excluding hydrogens is 316 g/mol. The SMILES string of the molecule is COc1cccc(NC(=O)Nc2nnc(-c3ccco3)o2)c1OC. The van der Waals surface area contributed by atoms with Crippen LogP contribution in [0, 0.1) is 0 Å². The van der Waals surface area contributed by atoms with Gasteiger partial charge in [-0.05, 0) is 24.3 Å². The molecule has 3 rings (SSSR count). The van der Waals surface area contributed by atoms with Crippen LogP contribution in [0.2, 0.25) is 0 Å². The number of hydrogen-bond acceptors (Lipinski definition) is 7. The van der Waals surface area contributed by atoms with Gasteiger partial charge >= 0.3 is 12.0 Å². The molecule has 0 bridgehead atoms. The van der Waals surface area contributed by atoms with Gasteiger partial charge in [0.25, 0.3) is 5.89 Å². The lowest BCUT2D eigenvalue weighted by atomic mass is 10.2. The van der Waals surface area contributed by atoms with Gasteiger partial charge in [0.15, 0.2) is 17.3 Å². The van der Waals surface area contributed by atoms with E-state index in [0.29, 0.717) is 22.9 Å². The van der Waals surface area contributed by atoms with Gasteiger partial charge in [0.05, 0.1) is 26.2 Å². The fraction of sp³-hybridized carbons (Fsp3) is 0.133. The highest BCUT2D eigenvalue weighted by atomic mass is 16.5. The highest BCUT2D eigenvalue weighted by Gasteiger charge is 2.15. The normalized spacial score (nSPS) is 10.2. The first-order valence-corrected chi connectivity index (χ1v) is 6.87. The predicted octanol–water partition coefficient (Wildman–Crippen LogP) is 2.99. The van der Waals surface area contributed by atoms with Crippen LogP contribution in [0.15, 0.2) is 45.4 Å². The summed E-state index contributed by atoms with van der Waals surface area (Å²) in [5.74, 6) is 1.46. The molecule has 124 valence electrons. The van der Waals surface area contributed by atoms with Crippen molar-refractivity contribution in [1.29, 1.82) is 0 Å². The molecule has 9 nitrogen and oxygen atoms in total. The van der Waals surface area contributed by atoms with E-state index in [2.05, 4.69) is 20.8 Å². The quantitative estimate of drug-likeness (QED) is 0.739.